The molecule has 2 N–H and O–H groups in total. The first-order valence-corrected chi connectivity index (χ1v) is 7.88. The molecule has 0 aliphatic rings. The normalized spacial score (nSPS) is 11.3. The van der Waals surface area contributed by atoms with Crippen LogP contribution in [0.1, 0.15) is 24.2 Å². The number of carbonyl (C=O) groups is 3. The van der Waals surface area contributed by atoms with E-state index in [0.29, 0.717) is 16.4 Å². The van der Waals surface area contributed by atoms with Crippen LogP contribution in [0.5, 0.6) is 0 Å². The number of rotatable bonds is 5. The van der Waals surface area contributed by atoms with Crippen LogP contribution in [0.15, 0.2) is 48.5 Å². The minimum absolute atomic E-state index is 0.234. The number of hydrogen-bond acceptors (Lipinski definition) is 4. The Balaban J connectivity index is 1.98. The van der Waals surface area contributed by atoms with Gasteiger partial charge in [-0.15, -0.1) is 0 Å². The summed E-state index contributed by atoms with van der Waals surface area (Å²) < 4.78 is 5.16. The minimum atomic E-state index is -0.993. The highest BCUT2D eigenvalue weighted by molar-refractivity contribution is 6.30. The summed E-state index contributed by atoms with van der Waals surface area (Å²) in [6.45, 7) is 2.84. The van der Waals surface area contributed by atoms with Crippen LogP contribution in [0.3, 0.4) is 0 Å². The molecule has 0 saturated heterocycles. The van der Waals surface area contributed by atoms with Crippen molar-refractivity contribution in [3.05, 3.63) is 59.1 Å². The number of benzene rings is 2. The fourth-order valence-corrected chi connectivity index (χ4v) is 2.11. The van der Waals surface area contributed by atoms with Crippen LogP contribution in [-0.4, -0.2) is 23.9 Å². The Kier molecular flexibility index (Phi) is 6.14. The first-order valence-electron chi connectivity index (χ1n) is 7.50. The molecule has 0 aromatic heterocycles. The van der Waals surface area contributed by atoms with E-state index in [0.717, 1.165) is 0 Å². The Hall–Kier alpha value is -2.86. The Bertz CT molecular complexity index is 790. The van der Waals surface area contributed by atoms with Gasteiger partial charge in [0.1, 0.15) is 0 Å². The fourth-order valence-electron chi connectivity index (χ4n) is 1.99. The maximum Gasteiger partial charge on any atom is 0.338 e. The number of esters is 1. The van der Waals surface area contributed by atoms with Crippen molar-refractivity contribution in [1.82, 2.24) is 0 Å². The van der Waals surface area contributed by atoms with Gasteiger partial charge >= 0.3 is 5.97 Å². The third-order valence-corrected chi connectivity index (χ3v) is 3.44. The van der Waals surface area contributed by atoms with Gasteiger partial charge in [-0.1, -0.05) is 17.7 Å². The Morgan fingerprint density at radius 1 is 1.00 bits per heavy atom. The highest BCUT2D eigenvalue weighted by Gasteiger charge is 2.19. The Labute approximate surface area is 150 Å². The van der Waals surface area contributed by atoms with Crippen LogP contribution in [0.4, 0.5) is 11.4 Å². The summed E-state index contributed by atoms with van der Waals surface area (Å²) in [6.07, 6.45) is -0.993. The van der Waals surface area contributed by atoms with Crippen molar-refractivity contribution in [3.63, 3.8) is 0 Å². The van der Waals surface area contributed by atoms with Crippen molar-refractivity contribution in [1.29, 1.82) is 0 Å². The Morgan fingerprint density at radius 3 is 2.32 bits per heavy atom. The lowest BCUT2D eigenvalue weighted by Gasteiger charge is -2.14. The van der Waals surface area contributed by atoms with E-state index in [4.69, 9.17) is 16.3 Å². The van der Waals surface area contributed by atoms with Gasteiger partial charge in [-0.3, -0.25) is 9.59 Å². The molecular weight excluding hydrogens is 344 g/mol. The lowest BCUT2D eigenvalue weighted by Crippen LogP contribution is -2.30. The number of anilines is 2. The van der Waals surface area contributed by atoms with E-state index in [1.807, 2.05) is 0 Å². The summed E-state index contributed by atoms with van der Waals surface area (Å²) in [7, 11) is 0. The molecule has 0 fully saturated rings. The molecule has 2 rings (SSSR count). The fraction of sp³-hybridized carbons (Fsp3) is 0.167. The van der Waals surface area contributed by atoms with Gasteiger partial charge in [-0.2, -0.15) is 0 Å². The predicted molar refractivity (Wildman–Crippen MR) is 95.7 cm³/mol. The smallest absolute Gasteiger partial charge is 0.338 e. The quantitative estimate of drug-likeness (QED) is 0.799. The second kappa shape index (κ2) is 8.30. The average molecular weight is 361 g/mol. The third-order valence-electron chi connectivity index (χ3n) is 3.18. The van der Waals surface area contributed by atoms with E-state index in [1.54, 1.807) is 36.4 Å². The molecule has 0 saturated carbocycles. The van der Waals surface area contributed by atoms with Gasteiger partial charge in [0.05, 0.1) is 5.56 Å². The number of ether oxygens (including phenoxy) is 1. The van der Waals surface area contributed by atoms with Gasteiger partial charge < -0.3 is 15.4 Å². The van der Waals surface area contributed by atoms with E-state index in [-0.39, 0.29) is 11.5 Å². The van der Waals surface area contributed by atoms with E-state index in [9.17, 15) is 14.4 Å². The van der Waals surface area contributed by atoms with Gasteiger partial charge in [0.25, 0.3) is 5.91 Å². The molecule has 2 aromatic carbocycles. The summed E-state index contributed by atoms with van der Waals surface area (Å²) in [6, 6.07) is 12.8. The first-order chi connectivity index (χ1) is 11.8. The number of nitrogens with one attached hydrogen (secondary N) is 2. The molecule has 0 radical (unpaired) electrons. The van der Waals surface area contributed by atoms with Gasteiger partial charge in [-0.25, -0.2) is 4.79 Å². The van der Waals surface area contributed by atoms with Crippen molar-refractivity contribution in [2.45, 2.75) is 20.0 Å². The molecule has 0 bridgehead atoms. The van der Waals surface area contributed by atoms with Crippen molar-refractivity contribution in [2.24, 2.45) is 0 Å². The molecule has 0 unspecified atom stereocenters. The van der Waals surface area contributed by atoms with Gasteiger partial charge in [-0.05, 0) is 49.4 Å². The number of hydrogen-bond donors (Lipinski definition) is 2. The standard InChI is InChI=1S/C18H17ClN2O4/c1-11(17(23)21-15-8-6-14(19)7-9-15)25-18(24)13-4-3-5-16(10-13)20-12(2)22/h3-11H,1-2H3,(H,20,22)(H,21,23)/t11-/m0/s1. The second-order valence-electron chi connectivity index (χ2n) is 5.31. The monoisotopic (exact) mass is 360 g/mol. The second-order valence-corrected chi connectivity index (χ2v) is 5.74. The lowest BCUT2D eigenvalue weighted by atomic mass is 10.2. The van der Waals surface area contributed by atoms with Crippen LogP contribution in [0.2, 0.25) is 5.02 Å². The van der Waals surface area contributed by atoms with Gasteiger partial charge in [0, 0.05) is 23.3 Å². The maximum absolute atomic E-state index is 12.2. The van der Waals surface area contributed by atoms with E-state index in [1.165, 1.54) is 26.0 Å². The summed E-state index contributed by atoms with van der Waals surface area (Å²) in [4.78, 5) is 35.3. The maximum atomic E-state index is 12.2. The van der Waals surface area contributed by atoms with Crippen molar-refractivity contribution >= 4 is 40.8 Å². The van der Waals surface area contributed by atoms with Crippen LogP contribution in [-0.2, 0) is 14.3 Å². The van der Waals surface area contributed by atoms with E-state index >= 15 is 0 Å². The summed E-state index contributed by atoms with van der Waals surface area (Å²) >= 11 is 5.78. The van der Waals surface area contributed by atoms with Crippen LogP contribution in [0.25, 0.3) is 0 Å². The molecule has 7 heteroatoms. The molecular formula is C18H17ClN2O4. The summed E-state index contributed by atoms with van der Waals surface area (Å²) in [5.74, 6) is -1.37. The van der Waals surface area contributed by atoms with Crippen LogP contribution in [0, 0.1) is 0 Å². The number of halogens is 1. The van der Waals surface area contributed by atoms with Crippen LogP contribution >= 0.6 is 11.6 Å². The lowest BCUT2D eigenvalue weighted by molar-refractivity contribution is -0.123. The zero-order chi connectivity index (χ0) is 18.4. The zero-order valence-electron chi connectivity index (χ0n) is 13.7. The molecule has 130 valence electrons. The molecule has 0 heterocycles. The molecule has 0 aliphatic carbocycles. The van der Waals surface area contributed by atoms with Gasteiger partial charge in [0.2, 0.25) is 5.91 Å². The average Bonchev–Trinajstić information content (AvgIpc) is 2.56. The molecule has 2 aromatic rings. The molecule has 6 nitrogen and oxygen atoms in total. The van der Waals surface area contributed by atoms with Crippen molar-refractivity contribution in [2.75, 3.05) is 10.6 Å². The largest absolute Gasteiger partial charge is 0.449 e. The number of amides is 2. The number of carbonyl (C=O) groups excluding carboxylic acids is 3. The highest BCUT2D eigenvalue weighted by atomic mass is 35.5. The SMILES string of the molecule is CC(=O)Nc1cccc(C(=O)O[C@@H](C)C(=O)Nc2ccc(Cl)cc2)c1. The van der Waals surface area contributed by atoms with Crippen molar-refractivity contribution < 1.29 is 19.1 Å². The first kappa shape index (κ1) is 18.5. The molecule has 0 spiro atoms. The third kappa shape index (κ3) is 5.61. The molecule has 25 heavy (non-hydrogen) atoms. The summed E-state index contributed by atoms with van der Waals surface area (Å²) in [5.41, 5.74) is 1.25. The topological polar surface area (TPSA) is 84.5 Å². The van der Waals surface area contributed by atoms with Crippen molar-refractivity contribution in [3.8, 4) is 0 Å². The molecule has 0 aliphatic heterocycles. The summed E-state index contributed by atoms with van der Waals surface area (Å²) in [5, 5.41) is 5.76. The highest BCUT2D eigenvalue weighted by Crippen LogP contribution is 2.15. The van der Waals surface area contributed by atoms with Crippen LogP contribution < -0.4 is 10.6 Å². The van der Waals surface area contributed by atoms with Gasteiger partial charge in [0.15, 0.2) is 6.10 Å². The van der Waals surface area contributed by atoms with E-state index < -0.39 is 18.0 Å². The zero-order valence-corrected chi connectivity index (χ0v) is 14.5. The Morgan fingerprint density at radius 2 is 1.68 bits per heavy atom. The molecule has 2 amide bonds. The predicted octanol–water partition coefficient (Wildman–Crippen LogP) is 3.48. The minimum Gasteiger partial charge on any atom is -0.449 e. The van der Waals surface area contributed by atoms with E-state index in [2.05, 4.69) is 10.6 Å². The molecule has 1 atom stereocenters.